The molecule has 0 saturated heterocycles. The highest BCUT2D eigenvalue weighted by atomic mass is 35.5. The Balaban J connectivity index is 0.00000408. The largest absolute Gasteiger partial charge is 0.497 e. The molecule has 1 amide bonds. The summed E-state index contributed by atoms with van der Waals surface area (Å²) in [6, 6.07) is 21.6. The summed E-state index contributed by atoms with van der Waals surface area (Å²) < 4.78 is 43.9. The molecule has 4 nitrogen and oxygen atoms in total. The summed E-state index contributed by atoms with van der Waals surface area (Å²) in [6.45, 7) is 0.515. The smallest absolute Gasteiger partial charge is 0.416 e. The maximum absolute atomic E-state index is 13.0. The number of alkyl halides is 3. The van der Waals surface area contributed by atoms with E-state index in [1.54, 1.807) is 14.2 Å². The third kappa shape index (κ3) is 6.90. The Bertz CT molecular complexity index is 1040. The van der Waals surface area contributed by atoms with Gasteiger partial charge in [0.25, 0.3) is 0 Å². The first kappa shape index (κ1) is 27.1. The molecule has 34 heavy (non-hydrogen) atoms. The summed E-state index contributed by atoms with van der Waals surface area (Å²) in [5.74, 6) is 0.516. The van der Waals surface area contributed by atoms with E-state index < -0.39 is 17.8 Å². The quantitative estimate of drug-likeness (QED) is 0.394. The van der Waals surface area contributed by atoms with Gasteiger partial charge in [0.1, 0.15) is 11.8 Å². The molecule has 0 fully saturated rings. The Morgan fingerprint density at radius 1 is 1.00 bits per heavy atom. The highest BCUT2D eigenvalue weighted by molar-refractivity contribution is 5.86. The van der Waals surface area contributed by atoms with Crippen molar-refractivity contribution in [2.75, 3.05) is 25.6 Å². The van der Waals surface area contributed by atoms with Crippen LogP contribution in [0.5, 0.6) is 5.75 Å². The van der Waals surface area contributed by atoms with Crippen LogP contribution in [-0.4, -0.2) is 26.6 Å². The van der Waals surface area contributed by atoms with Gasteiger partial charge in [-0.05, 0) is 48.2 Å². The highest BCUT2D eigenvalue weighted by Crippen LogP contribution is 2.31. The molecule has 0 spiro atoms. The number of anilines is 1. The number of nitrogens with one attached hydrogen (secondary N) is 1. The zero-order valence-electron chi connectivity index (χ0n) is 19.0. The zero-order chi connectivity index (χ0) is 23.8. The Labute approximate surface area is 204 Å². The van der Waals surface area contributed by atoms with Crippen molar-refractivity contribution < 1.29 is 22.7 Å². The molecular formula is C26H28ClF3N2O2. The highest BCUT2D eigenvalue weighted by Gasteiger charge is 2.30. The Kier molecular flexibility index (Phi) is 9.81. The number of methoxy groups -OCH3 is 1. The van der Waals surface area contributed by atoms with Gasteiger partial charge < -0.3 is 15.0 Å². The van der Waals surface area contributed by atoms with Crippen molar-refractivity contribution in [3.05, 3.63) is 95.6 Å². The van der Waals surface area contributed by atoms with E-state index >= 15 is 0 Å². The van der Waals surface area contributed by atoms with Gasteiger partial charge in [0, 0.05) is 25.3 Å². The van der Waals surface area contributed by atoms with E-state index in [1.165, 1.54) is 12.1 Å². The van der Waals surface area contributed by atoms with Gasteiger partial charge in [-0.25, -0.2) is 0 Å². The van der Waals surface area contributed by atoms with Gasteiger partial charge in [0.2, 0.25) is 5.91 Å². The summed E-state index contributed by atoms with van der Waals surface area (Å²) >= 11 is 0. The lowest BCUT2D eigenvalue weighted by Gasteiger charge is -2.33. The van der Waals surface area contributed by atoms with E-state index in [1.807, 2.05) is 59.5 Å². The molecule has 3 rings (SSSR count). The van der Waals surface area contributed by atoms with E-state index in [0.717, 1.165) is 28.9 Å². The fourth-order valence-corrected chi connectivity index (χ4v) is 3.76. The summed E-state index contributed by atoms with van der Waals surface area (Å²) in [6.07, 6.45) is -3.13. The molecule has 0 aliphatic heterocycles. The second-order valence-corrected chi connectivity index (χ2v) is 7.62. The van der Waals surface area contributed by atoms with Crippen molar-refractivity contribution in [1.82, 2.24) is 5.32 Å². The number of ether oxygens (including phenoxy) is 1. The van der Waals surface area contributed by atoms with E-state index in [2.05, 4.69) is 5.32 Å². The van der Waals surface area contributed by atoms with Crippen LogP contribution in [0.25, 0.3) is 0 Å². The predicted molar refractivity (Wildman–Crippen MR) is 131 cm³/mol. The van der Waals surface area contributed by atoms with Crippen molar-refractivity contribution >= 4 is 24.0 Å². The van der Waals surface area contributed by atoms with Crippen molar-refractivity contribution in [2.24, 2.45) is 0 Å². The molecule has 3 aromatic carbocycles. The molecule has 0 aromatic heterocycles. The number of nitrogens with zero attached hydrogens (tertiary/aromatic N) is 1. The SMILES string of the molecule is CNC(=O)[C@@H](c1ccccc1)N(CCCc1ccc(C(F)(F)F)cc1)c1cccc(OC)c1.Cl. The second-order valence-electron chi connectivity index (χ2n) is 7.62. The Morgan fingerprint density at radius 3 is 2.26 bits per heavy atom. The molecule has 3 aromatic rings. The van der Waals surface area contributed by atoms with Gasteiger partial charge in [0.15, 0.2) is 0 Å². The lowest BCUT2D eigenvalue weighted by molar-refractivity contribution is -0.137. The molecule has 0 aliphatic carbocycles. The minimum atomic E-state index is -4.35. The maximum Gasteiger partial charge on any atom is 0.416 e. The molecule has 8 heteroatoms. The van der Waals surface area contributed by atoms with E-state index in [-0.39, 0.29) is 18.3 Å². The minimum Gasteiger partial charge on any atom is -0.497 e. The van der Waals surface area contributed by atoms with Crippen LogP contribution in [0.4, 0.5) is 18.9 Å². The van der Waals surface area contributed by atoms with Crippen LogP contribution in [0.3, 0.4) is 0 Å². The van der Waals surface area contributed by atoms with Gasteiger partial charge in [-0.1, -0.05) is 48.5 Å². The minimum absolute atomic E-state index is 0. The summed E-state index contributed by atoms with van der Waals surface area (Å²) in [4.78, 5) is 15.0. The number of halogens is 4. The summed E-state index contributed by atoms with van der Waals surface area (Å²) in [7, 11) is 3.19. The number of benzene rings is 3. The molecule has 0 bridgehead atoms. The number of carbonyl (C=O) groups is 1. The average molecular weight is 493 g/mol. The first-order chi connectivity index (χ1) is 15.8. The molecular weight excluding hydrogens is 465 g/mol. The number of rotatable bonds is 9. The lowest BCUT2D eigenvalue weighted by atomic mass is 10.0. The molecule has 0 heterocycles. The standard InChI is InChI=1S/C26H27F3N2O2.ClH/c1-30-25(32)24(20-9-4-3-5-10-20)31(22-11-6-12-23(18-22)33-2)17-7-8-19-13-15-21(16-14-19)26(27,28)29;/h3-6,9-16,18,24H,7-8,17H2,1-2H3,(H,30,32);1H/t24-;/m1./s1. The number of hydrogen-bond acceptors (Lipinski definition) is 3. The molecule has 1 atom stereocenters. The van der Waals surface area contributed by atoms with Crippen molar-refractivity contribution in [2.45, 2.75) is 25.1 Å². The molecule has 0 saturated carbocycles. The number of likely N-dealkylation sites (N-methyl/N-ethyl adjacent to an activating group) is 1. The zero-order valence-corrected chi connectivity index (χ0v) is 19.8. The van der Waals surface area contributed by atoms with Crippen LogP contribution in [0.15, 0.2) is 78.9 Å². The molecule has 182 valence electrons. The van der Waals surface area contributed by atoms with Crippen LogP contribution in [0.2, 0.25) is 0 Å². The normalized spacial score (nSPS) is 11.8. The van der Waals surface area contributed by atoms with Crippen LogP contribution >= 0.6 is 12.4 Å². The van der Waals surface area contributed by atoms with Crippen molar-refractivity contribution in [3.63, 3.8) is 0 Å². The third-order valence-corrected chi connectivity index (χ3v) is 5.45. The number of aryl methyl sites for hydroxylation is 1. The van der Waals surface area contributed by atoms with E-state index in [4.69, 9.17) is 4.74 Å². The molecule has 1 N–H and O–H groups in total. The molecule has 0 aliphatic rings. The fraction of sp³-hybridized carbons (Fsp3) is 0.269. The monoisotopic (exact) mass is 492 g/mol. The fourth-order valence-electron chi connectivity index (χ4n) is 3.76. The van der Waals surface area contributed by atoms with Gasteiger partial charge in [-0.3, -0.25) is 4.79 Å². The maximum atomic E-state index is 13.0. The van der Waals surface area contributed by atoms with E-state index in [0.29, 0.717) is 25.1 Å². The second kappa shape index (κ2) is 12.3. The number of hydrogen-bond donors (Lipinski definition) is 1. The average Bonchev–Trinajstić information content (AvgIpc) is 2.83. The van der Waals surface area contributed by atoms with E-state index in [9.17, 15) is 18.0 Å². The Morgan fingerprint density at radius 2 is 1.68 bits per heavy atom. The summed E-state index contributed by atoms with van der Waals surface area (Å²) in [5.41, 5.74) is 1.81. The first-order valence-corrected chi connectivity index (χ1v) is 10.7. The summed E-state index contributed by atoms with van der Waals surface area (Å²) in [5, 5.41) is 2.75. The first-order valence-electron chi connectivity index (χ1n) is 10.7. The molecule has 0 unspecified atom stereocenters. The van der Waals surface area contributed by atoms with Crippen LogP contribution in [0, 0.1) is 0 Å². The Hall–Kier alpha value is -3.19. The third-order valence-electron chi connectivity index (χ3n) is 5.45. The van der Waals surface area contributed by atoms with Crippen molar-refractivity contribution in [1.29, 1.82) is 0 Å². The van der Waals surface area contributed by atoms with Crippen LogP contribution in [0.1, 0.15) is 29.2 Å². The van der Waals surface area contributed by atoms with Crippen molar-refractivity contribution in [3.8, 4) is 5.75 Å². The number of amides is 1. The van der Waals surface area contributed by atoms with Gasteiger partial charge >= 0.3 is 6.18 Å². The van der Waals surface area contributed by atoms with Gasteiger partial charge in [-0.15, -0.1) is 12.4 Å². The number of carbonyl (C=O) groups excluding carboxylic acids is 1. The predicted octanol–water partition coefficient (Wildman–Crippen LogP) is 6.06. The topological polar surface area (TPSA) is 41.6 Å². The van der Waals surface area contributed by atoms with Crippen LogP contribution in [-0.2, 0) is 17.4 Å². The van der Waals surface area contributed by atoms with Crippen LogP contribution < -0.4 is 15.0 Å². The lowest BCUT2D eigenvalue weighted by Crippen LogP contribution is -2.40. The molecule has 0 radical (unpaired) electrons. The van der Waals surface area contributed by atoms with Gasteiger partial charge in [0.05, 0.1) is 12.7 Å². The van der Waals surface area contributed by atoms with Gasteiger partial charge in [-0.2, -0.15) is 13.2 Å².